The third-order valence-electron chi connectivity index (χ3n) is 3.41. The second kappa shape index (κ2) is 5.48. The van der Waals surface area contributed by atoms with Gasteiger partial charge < -0.3 is 9.88 Å². The Morgan fingerprint density at radius 3 is 2.90 bits per heavy atom. The first kappa shape index (κ1) is 14.1. The lowest BCUT2D eigenvalue weighted by molar-refractivity contribution is -0.128. The number of nitrogens with zero attached hydrogens (tertiary/aromatic N) is 2. The van der Waals surface area contributed by atoms with E-state index in [9.17, 15) is 13.6 Å². The Kier molecular flexibility index (Phi) is 3.67. The molecular formula is C14H13F2N3OS. The van der Waals surface area contributed by atoms with Crippen molar-refractivity contribution >= 4 is 17.7 Å². The highest BCUT2D eigenvalue weighted by Crippen LogP contribution is 2.39. The molecule has 1 atom stereocenters. The van der Waals surface area contributed by atoms with E-state index >= 15 is 0 Å². The first-order valence-corrected chi connectivity index (χ1v) is 7.46. The molecule has 0 saturated carbocycles. The molecule has 2 aromatic rings. The highest BCUT2D eigenvalue weighted by molar-refractivity contribution is 8.00. The summed E-state index contributed by atoms with van der Waals surface area (Å²) in [5.74, 6) is -1.46. The largest absolute Gasteiger partial charge is 0.348 e. The average molecular weight is 309 g/mol. The summed E-state index contributed by atoms with van der Waals surface area (Å²) < 4.78 is 26.3. The number of rotatable bonds is 3. The first-order chi connectivity index (χ1) is 10.1. The maximum Gasteiger partial charge on any atom is 0.234 e. The molecule has 1 aliphatic heterocycles. The van der Waals surface area contributed by atoms with Crippen LogP contribution < -0.4 is 0 Å². The minimum atomic E-state index is -0.903. The normalized spacial score (nSPS) is 18.5. The number of aryl methyl sites for hydroxylation is 1. The molecule has 1 aliphatic rings. The molecule has 3 rings (SSSR count). The Bertz CT molecular complexity index is 689. The summed E-state index contributed by atoms with van der Waals surface area (Å²) in [6.45, 7) is 2.13. The van der Waals surface area contributed by atoms with Crippen molar-refractivity contribution in [3.05, 3.63) is 53.1 Å². The summed E-state index contributed by atoms with van der Waals surface area (Å²) >= 11 is 1.48. The fourth-order valence-electron chi connectivity index (χ4n) is 2.30. The Morgan fingerprint density at radius 2 is 2.24 bits per heavy atom. The molecule has 1 unspecified atom stereocenters. The molecule has 0 radical (unpaired) electrons. The topological polar surface area (TPSA) is 49.0 Å². The number of hydrogen-bond donors (Lipinski definition) is 1. The maximum atomic E-state index is 13.3. The van der Waals surface area contributed by atoms with Crippen molar-refractivity contribution < 1.29 is 13.6 Å². The fraction of sp³-hybridized carbons (Fsp3) is 0.286. The minimum absolute atomic E-state index is 0.0304. The van der Waals surface area contributed by atoms with Crippen LogP contribution in [0, 0.1) is 18.6 Å². The maximum absolute atomic E-state index is 13.3. The lowest BCUT2D eigenvalue weighted by Gasteiger charge is -2.23. The van der Waals surface area contributed by atoms with E-state index in [0.717, 1.165) is 23.5 Å². The van der Waals surface area contributed by atoms with Gasteiger partial charge in [-0.05, 0) is 24.6 Å². The van der Waals surface area contributed by atoms with Crippen molar-refractivity contribution in [2.45, 2.75) is 18.8 Å². The van der Waals surface area contributed by atoms with E-state index in [1.54, 1.807) is 11.2 Å². The number of carbonyl (C=O) groups is 1. The summed E-state index contributed by atoms with van der Waals surface area (Å²) in [6, 6.07) is 3.69. The van der Waals surface area contributed by atoms with Gasteiger partial charge in [0.25, 0.3) is 0 Å². The molecule has 7 heteroatoms. The van der Waals surface area contributed by atoms with E-state index in [4.69, 9.17) is 0 Å². The second-order valence-electron chi connectivity index (χ2n) is 4.85. The van der Waals surface area contributed by atoms with Crippen molar-refractivity contribution in [2.24, 2.45) is 0 Å². The number of halogens is 2. The van der Waals surface area contributed by atoms with Crippen molar-refractivity contribution in [2.75, 3.05) is 5.75 Å². The zero-order chi connectivity index (χ0) is 15.0. The highest BCUT2D eigenvalue weighted by Gasteiger charge is 2.35. The Morgan fingerprint density at radius 1 is 1.43 bits per heavy atom. The molecule has 0 bridgehead atoms. The quantitative estimate of drug-likeness (QED) is 0.948. The predicted molar refractivity (Wildman–Crippen MR) is 75.4 cm³/mol. The van der Waals surface area contributed by atoms with Crippen LogP contribution in [-0.2, 0) is 11.3 Å². The molecule has 1 amide bonds. The van der Waals surface area contributed by atoms with Crippen LogP contribution in [0.5, 0.6) is 0 Å². The van der Waals surface area contributed by atoms with E-state index in [2.05, 4.69) is 9.97 Å². The Hall–Kier alpha value is -1.89. The number of hydrogen-bond acceptors (Lipinski definition) is 3. The molecule has 1 fully saturated rings. The van der Waals surface area contributed by atoms with Crippen LogP contribution in [0.4, 0.5) is 8.78 Å². The van der Waals surface area contributed by atoms with Crippen LogP contribution >= 0.6 is 11.8 Å². The molecule has 110 valence electrons. The second-order valence-corrected chi connectivity index (χ2v) is 5.91. The van der Waals surface area contributed by atoms with Gasteiger partial charge in [0.15, 0.2) is 11.6 Å². The third kappa shape index (κ3) is 2.65. The number of H-pyrrole nitrogens is 1. The SMILES string of the molecule is Cc1[nH]cnc1C1SCC(=O)N1Cc1ccc(F)c(F)c1. The third-order valence-corrected chi connectivity index (χ3v) is 4.61. The van der Waals surface area contributed by atoms with Crippen LogP contribution in [0.25, 0.3) is 0 Å². The highest BCUT2D eigenvalue weighted by atomic mass is 32.2. The number of nitrogens with one attached hydrogen (secondary N) is 1. The van der Waals surface area contributed by atoms with Gasteiger partial charge in [-0.15, -0.1) is 11.8 Å². The lowest BCUT2D eigenvalue weighted by Crippen LogP contribution is -2.28. The first-order valence-electron chi connectivity index (χ1n) is 6.41. The van der Waals surface area contributed by atoms with Crippen LogP contribution in [0.2, 0.25) is 0 Å². The van der Waals surface area contributed by atoms with E-state index in [1.807, 2.05) is 6.92 Å². The minimum Gasteiger partial charge on any atom is -0.348 e. The van der Waals surface area contributed by atoms with Crippen LogP contribution in [0.3, 0.4) is 0 Å². The molecule has 4 nitrogen and oxygen atoms in total. The molecule has 1 N–H and O–H groups in total. The molecule has 0 spiro atoms. The van der Waals surface area contributed by atoms with Crippen LogP contribution in [0.15, 0.2) is 24.5 Å². The summed E-state index contributed by atoms with van der Waals surface area (Å²) in [6.07, 6.45) is 1.59. The van der Waals surface area contributed by atoms with E-state index in [1.165, 1.54) is 17.8 Å². The molecular weight excluding hydrogens is 296 g/mol. The van der Waals surface area contributed by atoms with Crippen molar-refractivity contribution in [1.29, 1.82) is 0 Å². The molecule has 1 aromatic carbocycles. The predicted octanol–water partition coefficient (Wildman–Crippen LogP) is 2.77. The molecule has 21 heavy (non-hydrogen) atoms. The van der Waals surface area contributed by atoms with Crippen LogP contribution in [0.1, 0.15) is 22.3 Å². The molecule has 1 saturated heterocycles. The van der Waals surface area contributed by atoms with Gasteiger partial charge in [-0.3, -0.25) is 4.79 Å². The zero-order valence-corrected chi connectivity index (χ0v) is 12.1. The lowest BCUT2D eigenvalue weighted by atomic mass is 10.2. The van der Waals surface area contributed by atoms with Gasteiger partial charge in [-0.2, -0.15) is 0 Å². The van der Waals surface area contributed by atoms with Crippen molar-refractivity contribution in [3.63, 3.8) is 0 Å². The number of carbonyl (C=O) groups excluding carboxylic acids is 1. The monoisotopic (exact) mass is 309 g/mol. The van der Waals surface area contributed by atoms with Crippen LogP contribution in [-0.4, -0.2) is 26.5 Å². The number of benzene rings is 1. The summed E-state index contributed by atoms with van der Waals surface area (Å²) in [5, 5.41) is -0.197. The standard InChI is InChI=1S/C14H13F2N3OS/c1-8-13(18-7-17-8)14-19(12(20)6-21-14)5-9-2-3-10(15)11(16)4-9/h2-4,7,14H,5-6H2,1H3,(H,17,18). The number of aromatic amines is 1. The van der Waals surface area contributed by atoms with Gasteiger partial charge in [-0.1, -0.05) is 6.07 Å². The van der Waals surface area contributed by atoms with Gasteiger partial charge in [0.05, 0.1) is 17.8 Å². The van der Waals surface area contributed by atoms with Gasteiger partial charge >= 0.3 is 0 Å². The summed E-state index contributed by atoms with van der Waals surface area (Å²) in [5.41, 5.74) is 2.26. The van der Waals surface area contributed by atoms with E-state index < -0.39 is 11.6 Å². The van der Waals surface area contributed by atoms with Gasteiger partial charge in [0.2, 0.25) is 5.91 Å². The molecule has 1 aromatic heterocycles. The molecule has 2 heterocycles. The number of amides is 1. The number of thioether (sulfide) groups is 1. The summed E-state index contributed by atoms with van der Waals surface area (Å²) in [4.78, 5) is 20.9. The Balaban J connectivity index is 1.86. The fourth-order valence-corrected chi connectivity index (χ4v) is 3.54. The van der Waals surface area contributed by atoms with E-state index in [0.29, 0.717) is 11.3 Å². The van der Waals surface area contributed by atoms with E-state index in [-0.39, 0.29) is 17.8 Å². The van der Waals surface area contributed by atoms with Crippen molar-refractivity contribution in [1.82, 2.24) is 14.9 Å². The van der Waals surface area contributed by atoms with Gasteiger partial charge in [0, 0.05) is 12.2 Å². The average Bonchev–Trinajstić information content (AvgIpc) is 3.01. The van der Waals surface area contributed by atoms with Gasteiger partial charge in [0.1, 0.15) is 5.37 Å². The Labute approximate surface area is 124 Å². The smallest absolute Gasteiger partial charge is 0.234 e. The number of aromatic nitrogens is 2. The zero-order valence-electron chi connectivity index (χ0n) is 11.3. The number of imidazole rings is 1. The van der Waals surface area contributed by atoms with Crippen molar-refractivity contribution in [3.8, 4) is 0 Å². The molecule has 0 aliphatic carbocycles. The van der Waals surface area contributed by atoms with Gasteiger partial charge in [-0.25, -0.2) is 13.8 Å². The summed E-state index contributed by atoms with van der Waals surface area (Å²) in [7, 11) is 0.